The zero-order valence-electron chi connectivity index (χ0n) is 14.2. The summed E-state index contributed by atoms with van der Waals surface area (Å²) < 4.78 is 0. The highest BCUT2D eigenvalue weighted by atomic mass is 15.4. The maximum atomic E-state index is 4.50. The lowest BCUT2D eigenvalue weighted by Crippen LogP contribution is -2.50. The van der Waals surface area contributed by atoms with Crippen LogP contribution < -0.4 is 0 Å². The lowest BCUT2D eigenvalue weighted by atomic mass is 10.2. The van der Waals surface area contributed by atoms with Crippen LogP contribution in [0.15, 0.2) is 9.98 Å². The van der Waals surface area contributed by atoms with Gasteiger partial charge in [0, 0.05) is 66.5 Å². The number of hydrogen-bond acceptors (Lipinski definition) is 6. The van der Waals surface area contributed by atoms with Gasteiger partial charge in [-0.3, -0.25) is 9.98 Å². The molecule has 6 heteroatoms. The Morgan fingerprint density at radius 2 is 1.00 bits per heavy atom. The Morgan fingerprint density at radius 3 is 1.41 bits per heavy atom. The highest BCUT2D eigenvalue weighted by Crippen LogP contribution is 2.12. The average molecular weight is 306 g/mol. The second-order valence-corrected chi connectivity index (χ2v) is 6.59. The Balaban J connectivity index is 0.000000131. The van der Waals surface area contributed by atoms with Gasteiger partial charge in [-0.25, -0.2) is 0 Å². The van der Waals surface area contributed by atoms with E-state index in [1.54, 1.807) is 0 Å². The van der Waals surface area contributed by atoms with Crippen LogP contribution in [-0.4, -0.2) is 98.0 Å². The normalized spacial score (nSPS) is 24.6. The van der Waals surface area contributed by atoms with Gasteiger partial charge in [-0.15, -0.1) is 0 Å². The summed E-state index contributed by atoms with van der Waals surface area (Å²) in [6, 6.07) is 0. The summed E-state index contributed by atoms with van der Waals surface area (Å²) in [6.45, 7) is 9.25. The molecule has 2 saturated heterocycles. The Hall–Kier alpha value is -1.46. The van der Waals surface area contributed by atoms with Crippen LogP contribution in [0.25, 0.3) is 0 Å². The maximum absolute atomic E-state index is 4.50. The number of guanidine groups is 2. The first-order valence-electron chi connectivity index (χ1n) is 8.77. The minimum atomic E-state index is 1.02. The molecule has 124 valence electrons. The molecule has 0 bridgehead atoms. The van der Waals surface area contributed by atoms with Crippen LogP contribution in [0.1, 0.15) is 25.7 Å². The van der Waals surface area contributed by atoms with Gasteiger partial charge in [-0.1, -0.05) is 0 Å². The van der Waals surface area contributed by atoms with Crippen LogP contribution in [0, 0.1) is 0 Å². The highest BCUT2D eigenvalue weighted by molar-refractivity contribution is 5.81. The molecular formula is C16H30N6. The lowest BCUT2D eigenvalue weighted by Gasteiger charge is -2.39. The van der Waals surface area contributed by atoms with E-state index in [-0.39, 0.29) is 0 Å². The predicted octanol–water partition coefficient (Wildman–Crippen LogP) is 0.767. The van der Waals surface area contributed by atoms with Crippen molar-refractivity contribution < 1.29 is 0 Å². The fourth-order valence-corrected chi connectivity index (χ4v) is 3.63. The van der Waals surface area contributed by atoms with E-state index in [2.05, 4.69) is 43.7 Å². The molecule has 22 heavy (non-hydrogen) atoms. The monoisotopic (exact) mass is 306 g/mol. The van der Waals surface area contributed by atoms with Crippen molar-refractivity contribution in [2.45, 2.75) is 25.7 Å². The summed E-state index contributed by atoms with van der Waals surface area (Å²) in [4.78, 5) is 18.3. The summed E-state index contributed by atoms with van der Waals surface area (Å²) in [5.74, 6) is 2.45. The van der Waals surface area contributed by atoms with E-state index in [0.717, 1.165) is 13.1 Å². The third-order valence-corrected chi connectivity index (χ3v) is 4.77. The molecule has 4 heterocycles. The van der Waals surface area contributed by atoms with Crippen LogP contribution in [0.2, 0.25) is 0 Å². The first-order chi connectivity index (χ1) is 10.8. The van der Waals surface area contributed by atoms with Gasteiger partial charge in [0.1, 0.15) is 0 Å². The van der Waals surface area contributed by atoms with Gasteiger partial charge in [0.25, 0.3) is 0 Å². The molecule has 0 aliphatic carbocycles. The van der Waals surface area contributed by atoms with Crippen molar-refractivity contribution in [2.24, 2.45) is 9.98 Å². The average Bonchev–Trinajstić information content (AvgIpc) is 2.57. The lowest BCUT2D eigenvalue weighted by molar-refractivity contribution is 0.269. The molecule has 0 N–H and O–H groups in total. The van der Waals surface area contributed by atoms with Gasteiger partial charge in [-0.2, -0.15) is 0 Å². The Bertz CT molecular complexity index is 392. The van der Waals surface area contributed by atoms with Crippen LogP contribution >= 0.6 is 0 Å². The summed E-state index contributed by atoms with van der Waals surface area (Å²) >= 11 is 0. The molecule has 0 aromatic rings. The smallest absolute Gasteiger partial charge is 0.196 e. The van der Waals surface area contributed by atoms with Crippen molar-refractivity contribution >= 4 is 11.9 Å². The zero-order valence-corrected chi connectivity index (χ0v) is 14.2. The van der Waals surface area contributed by atoms with Crippen molar-refractivity contribution in [1.29, 1.82) is 0 Å². The fourth-order valence-electron chi connectivity index (χ4n) is 3.63. The molecule has 0 unspecified atom stereocenters. The van der Waals surface area contributed by atoms with Crippen LogP contribution in [0.5, 0.6) is 0 Å². The van der Waals surface area contributed by atoms with E-state index in [0.29, 0.717) is 0 Å². The van der Waals surface area contributed by atoms with E-state index in [1.165, 1.54) is 76.9 Å². The van der Waals surface area contributed by atoms with Gasteiger partial charge in [0.2, 0.25) is 0 Å². The van der Waals surface area contributed by atoms with Crippen molar-refractivity contribution in [3.05, 3.63) is 0 Å². The first kappa shape index (κ1) is 15.4. The molecule has 0 radical (unpaired) electrons. The second-order valence-electron chi connectivity index (χ2n) is 6.59. The number of hydrogen-bond donors (Lipinski definition) is 0. The third kappa shape index (κ3) is 3.47. The fraction of sp³-hybridized carbons (Fsp3) is 0.875. The molecule has 0 aromatic heterocycles. The van der Waals surface area contributed by atoms with Crippen molar-refractivity contribution in [3.63, 3.8) is 0 Å². The van der Waals surface area contributed by atoms with Gasteiger partial charge < -0.3 is 19.6 Å². The third-order valence-electron chi connectivity index (χ3n) is 4.77. The quantitative estimate of drug-likeness (QED) is 0.662. The molecule has 4 aliphatic heterocycles. The molecule has 6 nitrogen and oxygen atoms in total. The molecule has 4 aliphatic rings. The largest absolute Gasteiger partial charge is 0.346 e. The van der Waals surface area contributed by atoms with E-state index >= 15 is 0 Å². The summed E-state index contributed by atoms with van der Waals surface area (Å²) in [7, 11) is 4.27. The van der Waals surface area contributed by atoms with Crippen molar-refractivity contribution in [1.82, 2.24) is 19.6 Å². The van der Waals surface area contributed by atoms with Crippen LogP contribution in [0.4, 0.5) is 0 Å². The molecule has 0 saturated carbocycles. The molecule has 0 atom stereocenters. The van der Waals surface area contributed by atoms with Gasteiger partial charge in [0.05, 0.1) is 0 Å². The van der Waals surface area contributed by atoms with Gasteiger partial charge in [0.15, 0.2) is 11.9 Å². The standard InChI is InChI=1S/2C8H15N3/c2*1-10-5-3-7-11-6-2-4-9-8(10)11/h2*2-7H2,1H3. The summed E-state index contributed by atoms with van der Waals surface area (Å²) in [5, 5.41) is 0. The summed E-state index contributed by atoms with van der Waals surface area (Å²) in [6.07, 6.45) is 5.04. The maximum Gasteiger partial charge on any atom is 0.196 e. The molecular weight excluding hydrogens is 276 g/mol. The Morgan fingerprint density at radius 1 is 0.591 bits per heavy atom. The predicted molar refractivity (Wildman–Crippen MR) is 91.5 cm³/mol. The molecule has 0 aromatic carbocycles. The SMILES string of the molecule is CN1CCCN2CCCN=C12.CN1CCCN2CCCN=C12. The molecule has 0 spiro atoms. The number of fused-ring (bicyclic) bond motifs is 2. The number of aliphatic imine (C=N–C) groups is 2. The van der Waals surface area contributed by atoms with Crippen LogP contribution in [-0.2, 0) is 0 Å². The minimum absolute atomic E-state index is 1.02. The van der Waals surface area contributed by atoms with Crippen LogP contribution in [0.3, 0.4) is 0 Å². The Labute approximate surface area is 134 Å². The first-order valence-corrected chi connectivity index (χ1v) is 8.77. The molecule has 2 fully saturated rings. The summed E-state index contributed by atoms with van der Waals surface area (Å²) in [5.41, 5.74) is 0. The van der Waals surface area contributed by atoms with Gasteiger partial charge >= 0.3 is 0 Å². The molecule has 4 rings (SSSR count). The number of rotatable bonds is 0. The van der Waals surface area contributed by atoms with Gasteiger partial charge in [-0.05, 0) is 25.7 Å². The molecule has 0 amide bonds. The minimum Gasteiger partial charge on any atom is -0.346 e. The zero-order chi connectivity index (χ0) is 15.4. The second kappa shape index (κ2) is 7.20. The van der Waals surface area contributed by atoms with E-state index < -0.39 is 0 Å². The van der Waals surface area contributed by atoms with E-state index in [1.807, 2.05) is 0 Å². The Kier molecular flexibility index (Phi) is 5.05. The highest BCUT2D eigenvalue weighted by Gasteiger charge is 2.23. The number of nitrogens with zero attached hydrogens (tertiary/aromatic N) is 6. The van der Waals surface area contributed by atoms with Crippen molar-refractivity contribution in [3.8, 4) is 0 Å². The topological polar surface area (TPSA) is 37.7 Å². The van der Waals surface area contributed by atoms with E-state index in [9.17, 15) is 0 Å². The van der Waals surface area contributed by atoms with Crippen molar-refractivity contribution in [2.75, 3.05) is 66.5 Å². The van der Waals surface area contributed by atoms with E-state index in [4.69, 9.17) is 0 Å².